The second kappa shape index (κ2) is 4.35. The number of aryl methyl sites for hydroxylation is 1. The van der Waals surface area contributed by atoms with Gasteiger partial charge in [0, 0.05) is 6.42 Å². The molecule has 0 bridgehead atoms. The Bertz CT molecular complexity index is 487. The molecule has 0 aromatic carbocycles. The summed E-state index contributed by atoms with van der Waals surface area (Å²) in [5.41, 5.74) is 1.49. The van der Waals surface area contributed by atoms with Crippen molar-refractivity contribution < 1.29 is 4.52 Å². The van der Waals surface area contributed by atoms with E-state index in [1.807, 2.05) is 6.92 Å². The molecule has 80 valence electrons. The predicted octanol–water partition coefficient (Wildman–Crippen LogP) is 0.689. The van der Waals surface area contributed by atoms with Crippen LogP contribution in [0.2, 0.25) is 0 Å². The second-order valence-corrected chi connectivity index (χ2v) is 3.81. The van der Waals surface area contributed by atoms with Gasteiger partial charge in [0.2, 0.25) is 5.89 Å². The summed E-state index contributed by atoms with van der Waals surface area (Å²) in [5, 5.41) is 7.65. The molecule has 7 heteroatoms. The molecule has 6 nitrogen and oxygen atoms in total. The minimum atomic E-state index is -0.120. The summed E-state index contributed by atoms with van der Waals surface area (Å²) in [6, 6.07) is 0. The first-order chi connectivity index (χ1) is 7.29. The number of nitrogens with zero attached hydrogens (tertiary/aromatic N) is 4. The van der Waals surface area contributed by atoms with Crippen LogP contribution in [0.5, 0.6) is 0 Å². The molecule has 15 heavy (non-hydrogen) atoms. The summed E-state index contributed by atoms with van der Waals surface area (Å²) < 4.78 is 6.29. The van der Waals surface area contributed by atoms with Gasteiger partial charge in [0.25, 0.3) is 0 Å². The molecule has 0 aliphatic heterocycles. The normalized spacial score (nSPS) is 10.7. The smallest absolute Gasteiger partial charge is 0.325 e. The third-order valence-electron chi connectivity index (χ3n) is 1.82. The third-order valence-corrected chi connectivity index (χ3v) is 2.43. The fourth-order valence-electron chi connectivity index (χ4n) is 1.15. The first-order valence-electron chi connectivity index (χ1n) is 4.61. The summed E-state index contributed by atoms with van der Waals surface area (Å²) in [7, 11) is 0. The number of hydrogen-bond donors (Lipinski definition) is 0. The predicted molar refractivity (Wildman–Crippen MR) is 53.8 cm³/mol. The molecule has 0 aliphatic rings. The summed E-state index contributed by atoms with van der Waals surface area (Å²) in [6.45, 7) is 2.29. The van der Waals surface area contributed by atoms with Gasteiger partial charge in [-0.1, -0.05) is 23.4 Å². The maximum Gasteiger partial charge on any atom is 0.325 e. The summed E-state index contributed by atoms with van der Waals surface area (Å²) in [5.74, 6) is 1.10. The summed E-state index contributed by atoms with van der Waals surface area (Å²) in [6.07, 6.45) is 1.76. The Morgan fingerprint density at radius 1 is 1.60 bits per heavy atom. The molecule has 0 saturated heterocycles. The average Bonchev–Trinajstić information content (AvgIpc) is 2.79. The topological polar surface area (TPSA) is 73.8 Å². The van der Waals surface area contributed by atoms with E-state index in [-0.39, 0.29) is 11.4 Å². The second-order valence-electron chi connectivity index (χ2n) is 3.02. The highest BCUT2D eigenvalue weighted by Crippen LogP contribution is 2.01. The highest BCUT2D eigenvalue weighted by molar-refractivity contribution is 7.06. The van der Waals surface area contributed by atoms with Crippen LogP contribution in [0.1, 0.15) is 25.1 Å². The van der Waals surface area contributed by atoms with E-state index in [0.717, 1.165) is 24.2 Å². The lowest BCUT2D eigenvalue weighted by Gasteiger charge is -1.91. The van der Waals surface area contributed by atoms with Crippen LogP contribution < -0.4 is 4.87 Å². The lowest BCUT2D eigenvalue weighted by molar-refractivity contribution is 0.360. The first-order valence-corrected chi connectivity index (χ1v) is 5.49. The average molecular weight is 226 g/mol. The largest absolute Gasteiger partial charge is 0.337 e. The highest BCUT2D eigenvalue weighted by atomic mass is 32.1. The van der Waals surface area contributed by atoms with Crippen LogP contribution in [-0.4, -0.2) is 19.9 Å². The van der Waals surface area contributed by atoms with Crippen molar-refractivity contribution in [3.63, 3.8) is 0 Å². The first kappa shape index (κ1) is 10.0. The van der Waals surface area contributed by atoms with E-state index >= 15 is 0 Å². The van der Waals surface area contributed by atoms with Crippen LogP contribution in [0.25, 0.3) is 0 Å². The van der Waals surface area contributed by atoms with Gasteiger partial charge in [-0.3, -0.25) is 4.79 Å². The fraction of sp³-hybridized carbons (Fsp3) is 0.500. The Labute approximate surface area is 89.6 Å². The number of rotatable bonds is 4. The molecule has 2 aromatic rings. The molecular weight excluding hydrogens is 216 g/mol. The van der Waals surface area contributed by atoms with E-state index < -0.39 is 0 Å². The molecule has 0 spiro atoms. The number of aromatic nitrogens is 4. The van der Waals surface area contributed by atoms with Gasteiger partial charge in [-0.15, -0.1) is 0 Å². The Balaban J connectivity index is 2.11. The molecule has 0 aliphatic carbocycles. The van der Waals surface area contributed by atoms with Crippen molar-refractivity contribution in [3.8, 4) is 0 Å². The van der Waals surface area contributed by atoms with Crippen LogP contribution in [0.3, 0.4) is 0 Å². The van der Waals surface area contributed by atoms with E-state index in [4.69, 9.17) is 4.52 Å². The van der Waals surface area contributed by atoms with E-state index in [0.29, 0.717) is 11.7 Å². The highest BCUT2D eigenvalue weighted by Gasteiger charge is 2.08. The Morgan fingerprint density at radius 2 is 2.47 bits per heavy atom. The quantitative estimate of drug-likeness (QED) is 0.766. The van der Waals surface area contributed by atoms with Gasteiger partial charge in [0.1, 0.15) is 12.1 Å². The van der Waals surface area contributed by atoms with Gasteiger partial charge in [-0.05, 0) is 6.42 Å². The van der Waals surface area contributed by atoms with Crippen LogP contribution >= 0.6 is 11.3 Å². The van der Waals surface area contributed by atoms with E-state index in [9.17, 15) is 4.79 Å². The van der Waals surface area contributed by atoms with Gasteiger partial charge >= 0.3 is 4.87 Å². The third kappa shape index (κ3) is 2.30. The molecular formula is C8H10N4O2S. The van der Waals surface area contributed by atoms with Gasteiger partial charge in [0.15, 0.2) is 5.82 Å². The zero-order chi connectivity index (χ0) is 10.7. The minimum absolute atomic E-state index is 0.120. The molecule has 0 fully saturated rings. The Hall–Kier alpha value is -1.50. The van der Waals surface area contributed by atoms with Crippen molar-refractivity contribution in [2.75, 3.05) is 0 Å². The van der Waals surface area contributed by atoms with Crippen molar-refractivity contribution >= 4 is 11.3 Å². The molecule has 0 N–H and O–H groups in total. The van der Waals surface area contributed by atoms with Gasteiger partial charge in [0.05, 0.1) is 0 Å². The summed E-state index contributed by atoms with van der Waals surface area (Å²) in [4.78, 5) is 15.2. The van der Waals surface area contributed by atoms with Crippen LogP contribution in [-0.2, 0) is 13.0 Å². The van der Waals surface area contributed by atoms with Crippen LogP contribution in [0.15, 0.2) is 14.8 Å². The maximum absolute atomic E-state index is 11.2. The van der Waals surface area contributed by atoms with E-state index in [1.54, 1.807) is 0 Å². The molecule has 0 unspecified atom stereocenters. The zero-order valence-electron chi connectivity index (χ0n) is 8.21. The zero-order valence-corrected chi connectivity index (χ0v) is 9.03. The van der Waals surface area contributed by atoms with E-state index in [2.05, 4.69) is 15.2 Å². The summed E-state index contributed by atoms with van der Waals surface area (Å²) >= 11 is 1.05. The monoisotopic (exact) mass is 226 g/mol. The molecule has 2 aromatic heterocycles. The van der Waals surface area contributed by atoms with Crippen molar-refractivity contribution in [2.45, 2.75) is 26.3 Å². The fourth-order valence-corrected chi connectivity index (χ4v) is 1.63. The van der Waals surface area contributed by atoms with Crippen molar-refractivity contribution in [3.05, 3.63) is 26.9 Å². The van der Waals surface area contributed by atoms with Crippen LogP contribution in [0, 0.1) is 0 Å². The van der Waals surface area contributed by atoms with Gasteiger partial charge in [-0.2, -0.15) is 10.1 Å². The molecule has 0 atom stereocenters. The van der Waals surface area contributed by atoms with Crippen LogP contribution in [0.4, 0.5) is 0 Å². The maximum atomic E-state index is 11.2. The lowest BCUT2D eigenvalue weighted by Crippen LogP contribution is -2.15. The lowest BCUT2D eigenvalue weighted by atomic mass is 10.3. The molecule has 0 amide bonds. The Kier molecular flexibility index (Phi) is 2.91. The van der Waals surface area contributed by atoms with Crippen molar-refractivity contribution in [2.24, 2.45) is 0 Å². The molecule has 0 saturated carbocycles. The standard InChI is InChI=1S/C8H10N4O2S/c1-2-3-6-10-7(14-11-6)4-12-8(13)15-5-9-12/h5H,2-4H2,1H3. The van der Waals surface area contributed by atoms with Crippen molar-refractivity contribution in [1.29, 1.82) is 0 Å². The molecule has 2 rings (SSSR count). The van der Waals surface area contributed by atoms with Gasteiger partial charge in [-0.25, -0.2) is 4.68 Å². The Morgan fingerprint density at radius 3 is 3.13 bits per heavy atom. The minimum Gasteiger partial charge on any atom is -0.337 e. The van der Waals surface area contributed by atoms with E-state index in [1.165, 1.54) is 10.2 Å². The van der Waals surface area contributed by atoms with Gasteiger partial charge < -0.3 is 4.52 Å². The number of hydrogen-bond acceptors (Lipinski definition) is 6. The molecule has 2 heterocycles. The SMILES string of the molecule is CCCc1noc(Cn2ncsc2=O)n1. The van der Waals surface area contributed by atoms with Crippen molar-refractivity contribution in [1.82, 2.24) is 19.9 Å². The molecule has 0 radical (unpaired) electrons.